The lowest BCUT2D eigenvalue weighted by atomic mass is 9.47. The Hall–Kier alpha value is -2.13. The maximum absolute atomic E-state index is 13.2. The highest BCUT2D eigenvalue weighted by Crippen LogP contribution is 2.60. The summed E-state index contributed by atoms with van der Waals surface area (Å²) in [5.41, 5.74) is 4.26. The number of amides is 2. The normalized spacial score (nSPS) is 33.1. The number of carbonyl (C=O) groups is 2. The zero-order valence-electron chi connectivity index (χ0n) is 20.0. The molecule has 6 rings (SSSR count). The highest BCUT2D eigenvalue weighted by atomic mass is 32.2. The predicted molar refractivity (Wildman–Crippen MR) is 126 cm³/mol. The first-order chi connectivity index (χ1) is 16.0. The lowest BCUT2D eigenvalue weighted by Gasteiger charge is -2.59. The van der Waals surface area contributed by atoms with Crippen LogP contribution in [0.3, 0.4) is 0 Å². The fraction of sp³-hybridized carbons (Fsp3) is 0.680. The summed E-state index contributed by atoms with van der Waals surface area (Å²) in [6.45, 7) is 4.55. The summed E-state index contributed by atoms with van der Waals surface area (Å²) in [5, 5.41) is 3.23. The largest absolute Gasteiger partial charge is 0.478 e. The first kappa shape index (κ1) is 23.6. The van der Waals surface area contributed by atoms with E-state index in [-0.39, 0.29) is 40.0 Å². The van der Waals surface area contributed by atoms with Crippen molar-refractivity contribution in [2.45, 2.75) is 75.3 Å². The maximum Gasteiger partial charge on any atom is 0.263 e. The quantitative estimate of drug-likeness (QED) is 0.610. The number of hydrogen-bond donors (Lipinski definition) is 2. The molecule has 4 saturated carbocycles. The Morgan fingerprint density at radius 3 is 2.21 bits per heavy atom. The molecule has 5 fully saturated rings. The number of sulfonamides is 1. The molecular weight excluding hydrogens is 454 g/mol. The van der Waals surface area contributed by atoms with Crippen LogP contribution < -0.4 is 15.8 Å². The van der Waals surface area contributed by atoms with Gasteiger partial charge in [-0.2, -0.15) is 4.31 Å². The van der Waals surface area contributed by atoms with Gasteiger partial charge in [0.1, 0.15) is 5.75 Å². The Bertz CT molecular complexity index is 1060. The zero-order valence-corrected chi connectivity index (χ0v) is 20.8. The fourth-order valence-electron chi connectivity index (χ4n) is 6.99. The van der Waals surface area contributed by atoms with E-state index in [1.807, 2.05) is 0 Å². The van der Waals surface area contributed by atoms with Crippen LogP contribution in [0.25, 0.3) is 0 Å². The second-order valence-electron chi connectivity index (χ2n) is 11.3. The Kier molecular flexibility index (Phi) is 5.71. The molecule has 3 N–H and O–H groups in total. The predicted octanol–water partition coefficient (Wildman–Crippen LogP) is 2.42. The first-order valence-electron chi connectivity index (χ1n) is 12.4. The van der Waals surface area contributed by atoms with E-state index in [4.69, 9.17) is 10.5 Å². The topological polar surface area (TPSA) is 119 Å². The molecule has 0 aromatic heterocycles. The number of benzene rings is 1. The van der Waals surface area contributed by atoms with E-state index in [1.165, 1.54) is 16.4 Å². The molecule has 0 radical (unpaired) electrons. The third kappa shape index (κ3) is 4.00. The van der Waals surface area contributed by atoms with E-state index in [9.17, 15) is 18.0 Å². The van der Waals surface area contributed by atoms with Gasteiger partial charge in [0, 0.05) is 24.5 Å². The van der Waals surface area contributed by atoms with Crippen molar-refractivity contribution in [2.24, 2.45) is 28.9 Å². The number of hydrogen-bond acceptors (Lipinski definition) is 5. The number of carbonyl (C=O) groups excluding carboxylic acids is 2. The van der Waals surface area contributed by atoms with Crippen LogP contribution in [-0.4, -0.2) is 49.3 Å². The van der Waals surface area contributed by atoms with Crippen molar-refractivity contribution in [2.75, 3.05) is 13.1 Å². The van der Waals surface area contributed by atoms with Crippen molar-refractivity contribution >= 4 is 21.8 Å². The molecular formula is C25H35N3O5S. The molecule has 1 heterocycles. The third-order valence-electron chi connectivity index (χ3n) is 8.54. The average Bonchev–Trinajstić information content (AvgIpc) is 3.31. The van der Waals surface area contributed by atoms with Gasteiger partial charge in [0.15, 0.2) is 5.60 Å². The molecule has 2 unspecified atom stereocenters. The molecule has 1 aromatic carbocycles. The Labute approximate surface area is 201 Å². The van der Waals surface area contributed by atoms with Crippen LogP contribution in [0.15, 0.2) is 29.2 Å². The van der Waals surface area contributed by atoms with Crippen LogP contribution in [0, 0.1) is 23.2 Å². The number of nitrogens with one attached hydrogen (secondary N) is 1. The van der Waals surface area contributed by atoms with Gasteiger partial charge in [-0.1, -0.05) is 0 Å². The molecule has 4 bridgehead atoms. The maximum atomic E-state index is 13.2. The molecule has 2 atom stereocenters. The minimum absolute atomic E-state index is 0.0346. The summed E-state index contributed by atoms with van der Waals surface area (Å²) >= 11 is 0. The summed E-state index contributed by atoms with van der Waals surface area (Å²) in [5.74, 6) is 1.13. The van der Waals surface area contributed by atoms with Gasteiger partial charge in [-0.3, -0.25) is 9.59 Å². The summed E-state index contributed by atoms with van der Waals surface area (Å²) in [4.78, 5) is 25.7. The van der Waals surface area contributed by atoms with Crippen molar-refractivity contribution in [1.82, 2.24) is 9.62 Å². The Morgan fingerprint density at radius 2 is 1.65 bits per heavy atom. The van der Waals surface area contributed by atoms with Gasteiger partial charge in [0.2, 0.25) is 15.9 Å². The standard InChI is InChI=1S/C25H35N3O5S/c1-24(2,33-19-5-7-20(8-6-19)34(31,32)28-9-3-4-10-28)23(30)27-21-17-11-16-12-18(21)15-25(13-16,14-17)22(26)29/h5-8,16-18,21H,3-4,9-15H2,1-2H3,(H2,26,29)(H,27,30). The minimum atomic E-state index is -3.49. The second kappa shape index (κ2) is 8.22. The number of primary amides is 1. The molecule has 34 heavy (non-hydrogen) atoms. The van der Waals surface area contributed by atoms with E-state index >= 15 is 0 Å². The van der Waals surface area contributed by atoms with Gasteiger partial charge in [-0.15, -0.1) is 0 Å². The monoisotopic (exact) mass is 489 g/mol. The Balaban J connectivity index is 1.24. The molecule has 2 amide bonds. The molecule has 0 spiro atoms. The minimum Gasteiger partial charge on any atom is -0.478 e. The van der Waals surface area contributed by atoms with E-state index in [0.29, 0.717) is 24.8 Å². The van der Waals surface area contributed by atoms with Gasteiger partial charge in [-0.05, 0) is 101 Å². The number of nitrogens with two attached hydrogens (primary N) is 1. The lowest BCUT2D eigenvalue weighted by Crippen LogP contribution is -2.63. The fourth-order valence-corrected chi connectivity index (χ4v) is 8.50. The van der Waals surface area contributed by atoms with E-state index in [2.05, 4.69) is 5.32 Å². The van der Waals surface area contributed by atoms with Crippen molar-refractivity contribution in [1.29, 1.82) is 0 Å². The van der Waals surface area contributed by atoms with Gasteiger partial charge in [0.05, 0.1) is 4.90 Å². The molecule has 9 heteroatoms. The smallest absolute Gasteiger partial charge is 0.263 e. The molecule has 4 aliphatic carbocycles. The summed E-state index contributed by atoms with van der Waals surface area (Å²) in [6, 6.07) is 6.33. The Morgan fingerprint density at radius 1 is 1.06 bits per heavy atom. The van der Waals surface area contributed by atoms with Gasteiger partial charge in [-0.25, -0.2) is 8.42 Å². The summed E-state index contributed by atoms with van der Waals surface area (Å²) in [7, 11) is -3.49. The second-order valence-corrected chi connectivity index (χ2v) is 13.2. The number of ether oxygens (including phenoxy) is 1. The van der Waals surface area contributed by atoms with E-state index in [0.717, 1.165) is 44.9 Å². The highest BCUT2D eigenvalue weighted by Gasteiger charge is 2.58. The van der Waals surface area contributed by atoms with Crippen molar-refractivity contribution in [3.63, 3.8) is 0 Å². The first-order valence-corrected chi connectivity index (χ1v) is 13.8. The van der Waals surface area contributed by atoms with Gasteiger partial charge in [0.25, 0.3) is 5.91 Å². The third-order valence-corrected chi connectivity index (χ3v) is 10.5. The molecule has 186 valence electrons. The molecule has 1 aliphatic heterocycles. The van der Waals surface area contributed by atoms with Crippen LogP contribution in [-0.2, 0) is 19.6 Å². The van der Waals surface area contributed by atoms with Crippen molar-refractivity contribution in [3.05, 3.63) is 24.3 Å². The van der Waals surface area contributed by atoms with Crippen LogP contribution >= 0.6 is 0 Å². The van der Waals surface area contributed by atoms with Gasteiger partial charge >= 0.3 is 0 Å². The van der Waals surface area contributed by atoms with Gasteiger partial charge < -0.3 is 15.8 Å². The highest BCUT2D eigenvalue weighted by molar-refractivity contribution is 7.89. The molecule has 8 nitrogen and oxygen atoms in total. The summed E-state index contributed by atoms with van der Waals surface area (Å²) < 4.78 is 33.0. The van der Waals surface area contributed by atoms with E-state index < -0.39 is 15.6 Å². The number of rotatable bonds is 7. The van der Waals surface area contributed by atoms with Crippen LogP contribution in [0.2, 0.25) is 0 Å². The number of nitrogens with zero attached hydrogens (tertiary/aromatic N) is 1. The van der Waals surface area contributed by atoms with E-state index in [1.54, 1.807) is 26.0 Å². The summed E-state index contributed by atoms with van der Waals surface area (Å²) in [6.07, 6.45) is 6.25. The average molecular weight is 490 g/mol. The molecule has 1 saturated heterocycles. The molecule has 1 aromatic rings. The van der Waals surface area contributed by atoms with Crippen LogP contribution in [0.5, 0.6) is 5.75 Å². The van der Waals surface area contributed by atoms with Crippen LogP contribution in [0.4, 0.5) is 0 Å². The lowest BCUT2D eigenvalue weighted by molar-refractivity contribution is -0.150. The molecule has 5 aliphatic rings. The zero-order chi connectivity index (χ0) is 24.3. The van der Waals surface area contributed by atoms with Crippen molar-refractivity contribution in [3.8, 4) is 5.75 Å². The van der Waals surface area contributed by atoms with Crippen molar-refractivity contribution < 1.29 is 22.7 Å². The van der Waals surface area contributed by atoms with Crippen LogP contribution in [0.1, 0.15) is 58.8 Å². The SMILES string of the molecule is CC(C)(Oc1ccc(S(=O)(=O)N2CCCC2)cc1)C(=O)NC1C2CC3CC1CC(C(N)=O)(C3)C2.